The number of rotatable bonds is 11. The molecule has 194 valence electrons. The monoisotopic (exact) mass is 502 g/mol. The molecule has 1 amide bonds. The molecule has 2 aromatic carbocycles. The first kappa shape index (κ1) is 26.2. The molecule has 2 aliphatic heterocycles. The van der Waals surface area contributed by atoms with Crippen LogP contribution in [0.3, 0.4) is 0 Å². The van der Waals surface area contributed by atoms with E-state index in [0.29, 0.717) is 37.5 Å². The summed E-state index contributed by atoms with van der Waals surface area (Å²) in [7, 11) is 3.74. The van der Waals surface area contributed by atoms with E-state index in [-0.39, 0.29) is 11.7 Å². The summed E-state index contributed by atoms with van der Waals surface area (Å²) in [6.45, 7) is 6.46. The minimum Gasteiger partial charge on any atom is -0.497 e. The topological polar surface area (TPSA) is 80.9 Å². The normalized spacial score (nSPS) is 16.4. The van der Waals surface area contributed by atoms with Crippen molar-refractivity contribution in [2.75, 3.05) is 58.8 Å². The molecule has 0 atom stereocenters. The number of carbonyl (C=O) groups is 1. The van der Waals surface area contributed by atoms with E-state index in [9.17, 15) is 4.79 Å². The molecular formula is C29H36N5O3+. The third-order valence-corrected chi connectivity index (χ3v) is 6.84. The summed E-state index contributed by atoms with van der Waals surface area (Å²) in [5.41, 5.74) is 4.87. The average Bonchev–Trinajstić information content (AvgIpc) is 2.93. The Balaban J connectivity index is 1.45. The molecule has 0 saturated carbocycles. The van der Waals surface area contributed by atoms with Gasteiger partial charge in [-0.15, -0.1) is 0 Å². The largest absolute Gasteiger partial charge is 0.497 e. The van der Waals surface area contributed by atoms with Crippen LogP contribution in [0.1, 0.15) is 12.5 Å². The fraction of sp³-hybridized carbons (Fsp3) is 0.345. The molecule has 0 unspecified atom stereocenters. The van der Waals surface area contributed by atoms with Gasteiger partial charge in [-0.3, -0.25) is 9.69 Å². The second kappa shape index (κ2) is 12.4. The second-order valence-electron chi connectivity index (χ2n) is 9.22. The zero-order valence-electron chi connectivity index (χ0n) is 21.9. The quantitative estimate of drug-likeness (QED) is 0.213. The first-order valence-electron chi connectivity index (χ1n) is 12.6. The SMILES string of the molecule is COc1ccc(CCO/C(C(=O)Nc2ccccc2)=C(/C=N)N2CCN(CC3=[N+](C)C(C)=C3)CC2)cc1. The van der Waals surface area contributed by atoms with Crippen molar-refractivity contribution in [2.45, 2.75) is 13.3 Å². The number of anilines is 1. The van der Waals surface area contributed by atoms with Gasteiger partial charge in [0.15, 0.2) is 5.70 Å². The smallest absolute Gasteiger partial charge is 0.293 e. The molecule has 4 rings (SSSR count). The summed E-state index contributed by atoms with van der Waals surface area (Å²) < 4.78 is 13.5. The van der Waals surface area contributed by atoms with Gasteiger partial charge in [0.1, 0.15) is 18.5 Å². The van der Waals surface area contributed by atoms with Crippen LogP contribution < -0.4 is 10.1 Å². The Labute approximate surface area is 219 Å². The van der Waals surface area contributed by atoms with Gasteiger partial charge in [0.2, 0.25) is 11.5 Å². The standard InChI is InChI=1S/C29H35N5O3/c1-22-19-25(32(22)2)21-33-14-16-34(17-15-33)27(20-30)28(29(35)31-24-7-5-4-6-8-24)37-18-13-23-9-11-26(36-3)12-10-23/h4-12,19-20,30H,13-18,21H2,1-3H3/p+1/b28-27-,30-20?. The zero-order chi connectivity index (χ0) is 26.2. The summed E-state index contributed by atoms with van der Waals surface area (Å²) in [6, 6.07) is 17.1. The van der Waals surface area contributed by atoms with E-state index < -0.39 is 0 Å². The Morgan fingerprint density at radius 1 is 1.08 bits per heavy atom. The number of piperazine rings is 1. The van der Waals surface area contributed by atoms with Gasteiger partial charge in [0.25, 0.3) is 5.91 Å². The van der Waals surface area contributed by atoms with Gasteiger partial charge in [-0.25, -0.2) is 4.58 Å². The lowest BCUT2D eigenvalue weighted by Gasteiger charge is -2.36. The van der Waals surface area contributed by atoms with E-state index in [2.05, 4.69) is 39.7 Å². The molecule has 2 aromatic rings. The van der Waals surface area contributed by atoms with Gasteiger partial charge in [-0.05, 0) is 29.8 Å². The van der Waals surface area contributed by atoms with E-state index >= 15 is 0 Å². The van der Waals surface area contributed by atoms with Crippen LogP contribution >= 0.6 is 0 Å². The Morgan fingerprint density at radius 3 is 2.38 bits per heavy atom. The van der Waals surface area contributed by atoms with Crippen LogP contribution in [0.25, 0.3) is 0 Å². The number of ether oxygens (including phenoxy) is 2. The summed E-state index contributed by atoms with van der Waals surface area (Å²) in [5.74, 6) is 0.618. The van der Waals surface area contributed by atoms with Gasteiger partial charge in [0, 0.05) is 51.4 Å². The number of para-hydroxylation sites is 1. The Morgan fingerprint density at radius 2 is 1.78 bits per heavy atom. The third-order valence-electron chi connectivity index (χ3n) is 6.84. The highest BCUT2D eigenvalue weighted by atomic mass is 16.5. The third kappa shape index (κ3) is 6.65. The molecule has 1 fully saturated rings. The van der Waals surface area contributed by atoms with Crippen molar-refractivity contribution in [3.63, 3.8) is 0 Å². The molecule has 0 aromatic heterocycles. The molecule has 2 N–H and O–H groups in total. The van der Waals surface area contributed by atoms with Gasteiger partial charge in [-0.1, -0.05) is 30.3 Å². The Bertz CT molecular complexity index is 1190. The first-order chi connectivity index (χ1) is 18.0. The van der Waals surface area contributed by atoms with Crippen LogP contribution in [-0.2, 0) is 16.0 Å². The van der Waals surface area contributed by atoms with Crippen molar-refractivity contribution in [2.24, 2.45) is 0 Å². The highest BCUT2D eigenvalue weighted by Gasteiger charge is 2.28. The summed E-state index contributed by atoms with van der Waals surface area (Å²) in [6.07, 6.45) is 4.09. The lowest BCUT2D eigenvalue weighted by Crippen LogP contribution is -2.49. The van der Waals surface area contributed by atoms with Gasteiger partial charge < -0.3 is 25.1 Å². The van der Waals surface area contributed by atoms with Crippen molar-refractivity contribution in [1.29, 1.82) is 5.41 Å². The highest BCUT2D eigenvalue weighted by molar-refractivity contribution is 6.05. The molecular weight excluding hydrogens is 466 g/mol. The summed E-state index contributed by atoms with van der Waals surface area (Å²) >= 11 is 0. The fourth-order valence-corrected chi connectivity index (χ4v) is 4.45. The summed E-state index contributed by atoms with van der Waals surface area (Å²) in [4.78, 5) is 17.8. The van der Waals surface area contributed by atoms with E-state index in [4.69, 9.17) is 14.9 Å². The number of carbonyl (C=O) groups excluding carboxylic acids is 1. The number of nitrogens with zero attached hydrogens (tertiary/aromatic N) is 3. The predicted octanol–water partition coefficient (Wildman–Crippen LogP) is 3.37. The molecule has 8 heteroatoms. The number of hydrogen-bond donors (Lipinski definition) is 2. The summed E-state index contributed by atoms with van der Waals surface area (Å²) in [5, 5.41) is 11.1. The maximum Gasteiger partial charge on any atom is 0.293 e. The van der Waals surface area contributed by atoms with Crippen molar-refractivity contribution in [3.8, 4) is 5.75 Å². The molecule has 2 heterocycles. The zero-order valence-corrected chi connectivity index (χ0v) is 21.9. The van der Waals surface area contributed by atoms with Crippen LogP contribution in [0.15, 0.2) is 77.8 Å². The highest BCUT2D eigenvalue weighted by Crippen LogP contribution is 2.18. The van der Waals surface area contributed by atoms with Crippen molar-refractivity contribution >= 4 is 23.5 Å². The van der Waals surface area contributed by atoms with Crippen molar-refractivity contribution in [3.05, 3.63) is 83.4 Å². The van der Waals surface area contributed by atoms with Crippen LogP contribution in [-0.4, -0.2) is 85.7 Å². The number of methoxy groups -OCH3 is 1. The molecule has 0 spiro atoms. The van der Waals surface area contributed by atoms with Gasteiger partial charge >= 0.3 is 0 Å². The van der Waals surface area contributed by atoms with Crippen molar-refractivity contribution in [1.82, 2.24) is 9.80 Å². The first-order valence-corrected chi connectivity index (χ1v) is 12.6. The molecule has 37 heavy (non-hydrogen) atoms. The van der Waals surface area contributed by atoms with Crippen molar-refractivity contribution < 1.29 is 18.8 Å². The average molecular weight is 503 g/mol. The van der Waals surface area contributed by atoms with E-state index in [1.807, 2.05) is 54.6 Å². The molecule has 2 aliphatic rings. The second-order valence-corrected chi connectivity index (χ2v) is 9.22. The Kier molecular flexibility index (Phi) is 8.74. The number of allylic oxidation sites excluding steroid dienone is 2. The van der Waals surface area contributed by atoms with E-state index in [1.54, 1.807) is 7.11 Å². The molecule has 0 aliphatic carbocycles. The van der Waals surface area contributed by atoms with Crippen LogP contribution in [0.5, 0.6) is 5.75 Å². The molecule has 1 saturated heterocycles. The fourth-order valence-electron chi connectivity index (χ4n) is 4.45. The minimum atomic E-state index is -0.353. The van der Waals surface area contributed by atoms with Crippen LogP contribution in [0.4, 0.5) is 5.69 Å². The number of amides is 1. The van der Waals surface area contributed by atoms with Gasteiger partial charge in [0.05, 0.1) is 26.3 Å². The maximum atomic E-state index is 13.3. The molecule has 0 bridgehead atoms. The van der Waals surface area contributed by atoms with E-state index in [1.165, 1.54) is 17.6 Å². The minimum absolute atomic E-state index is 0.174. The number of benzene rings is 2. The molecule has 8 nitrogen and oxygen atoms in total. The number of nitrogens with one attached hydrogen (secondary N) is 2. The van der Waals surface area contributed by atoms with Crippen LogP contribution in [0, 0.1) is 5.41 Å². The number of hydrogen-bond acceptors (Lipinski definition) is 6. The molecule has 0 radical (unpaired) electrons. The van der Waals surface area contributed by atoms with E-state index in [0.717, 1.165) is 30.9 Å². The maximum absolute atomic E-state index is 13.3. The van der Waals surface area contributed by atoms with Gasteiger partial charge in [-0.2, -0.15) is 0 Å². The lowest BCUT2D eigenvalue weighted by atomic mass is 10.1. The predicted molar refractivity (Wildman–Crippen MR) is 146 cm³/mol. The van der Waals surface area contributed by atoms with Crippen LogP contribution in [0.2, 0.25) is 0 Å². The Hall–Kier alpha value is -3.91. The lowest BCUT2D eigenvalue weighted by molar-refractivity contribution is -0.455.